The summed E-state index contributed by atoms with van der Waals surface area (Å²) in [4.78, 5) is 61.9. The third-order valence-corrected chi connectivity index (χ3v) is 15.3. The van der Waals surface area contributed by atoms with Gasteiger partial charge in [0.25, 0.3) is 5.91 Å². The molecule has 14 nitrogen and oxygen atoms in total. The van der Waals surface area contributed by atoms with Crippen molar-refractivity contribution in [3.63, 3.8) is 0 Å². The number of ether oxygens (including phenoxy) is 1. The maximum atomic E-state index is 14.1. The number of thiazole rings is 1. The summed E-state index contributed by atoms with van der Waals surface area (Å²) in [5.41, 5.74) is 10.7. The van der Waals surface area contributed by atoms with Crippen LogP contribution >= 0.6 is 22.7 Å². The number of aliphatic hydroxyl groups excluding tert-OH is 1. The lowest BCUT2D eigenvalue weighted by Crippen LogP contribution is -2.57. The number of amides is 4. The second-order valence-corrected chi connectivity index (χ2v) is 21.7. The third kappa shape index (κ3) is 13.0. The number of phenols is 2. The second-order valence-electron chi connectivity index (χ2n) is 19.8. The first-order valence-electron chi connectivity index (χ1n) is 24.8. The van der Waals surface area contributed by atoms with Crippen LogP contribution in [0.4, 0.5) is 0 Å². The van der Waals surface area contributed by atoms with Crippen LogP contribution in [0.25, 0.3) is 42.1 Å². The number of phenolic OH excluding ortho intramolecular Hbond substituents is 2. The van der Waals surface area contributed by atoms with E-state index in [0.29, 0.717) is 24.3 Å². The van der Waals surface area contributed by atoms with Gasteiger partial charge < -0.3 is 35.6 Å². The number of hydrogen-bond acceptors (Lipinski definition) is 12. The molecule has 0 unspecified atom stereocenters. The van der Waals surface area contributed by atoms with Crippen molar-refractivity contribution in [3.05, 3.63) is 143 Å². The van der Waals surface area contributed by atoms with Crippen LogP contribution in [0.15, 0.2) is 126 Å². The van der Waals surface area contributed by atoms with Gasteiger partial charge in [0.2, 0.25) is 17.7 Å². The Kier molecular flexibility index (Phi) is 16.9. The molecule has 1 aliphatic heterocycles. The van der Waals surface area contributed by atoms with Gasteiger partial charge in [-0.25, -0.2) is 10.4 Å². The summed E-state index contributed by atoms with van der Waals surface area (Å²) in [6, 6.07) is 32.8. The van der Waals surface area contributed by atoms with E-state index in [1.165, 1.54) is 4.90 Å². The second kappa shape index (κ2) is 23.6. The molecule has 0 saturated carbocycles. The lowest BCUT2D eigenvalue weighted by molar-refractivity contribution is -0.144. The summed E-state index contributed by atoms with van der Waals surface area (Å²) >= 11 is 3.12. The lowest BCUT2D eigenvalue weighted by atomic mass is 9.85. The first kappa shape index (κ1) is 52.9. The number of likely N-dealkylation sites (tertiary alicyclic amines) is 1. The highest BCUT2D eigenvalue weighted by Crippen LogP contribution is 2.46. The van der Waals surface area contributed by atoms with Crippen LogP contribution in [-0.4, -0.2) is 86.4 Å². The fourth-order valence-corrected chi connectivity index (χ4v) is 11.1. The molecule has 8 rings (SSSR count). The SMILES string of the molecule is Cc1ncsc1-c1ccc([C@H](C)NC(=O)[C@@H]2C[C@@H](O)CN2C(=O)[C@@H](NC(=O)CCCCCCOc2ccc(/C=N/NC(=O)c3ccc(-c4c(-c5ccc(O)cc5)sc5cc(O)ccc45)cc3)cc2)C(C)(C)C)cc1. The van der Waals surface area contributed by atoms with E-state index in [4.69, 9.17) is 4.74 Å². The number of carbonyl (C=O) groups is 4. The van der Waals surface area contributed by atoms with Crippen molar-refractivity contribution in [2.75, 3.05) is 13.2 Å². The van der Waals surface area contributed by atoms with Gasteiger partial charge in [-0.1, -0.05) is 70.0 Å². The van der Waals surface area contributed by atoms with E-state index in [2.05, 4.69) is 26.1 Å². The molecule has 0 spiro atoms. The average Bonchev–Trinajstić information content (AvgIpc) is 4.12. The van der Waals surface area contributed by atoms with Crippen LogP contribution in [0.2, 0.25) is 0 Å². The normalized spacial score (nSPS) is 15.5. The fourth-order valence-electron chi connectivity index (χ4n) is 9.04. The van der Waals surface area contributed by atoms with Crippen molar-refractivity contribution in [1.82, 2.24) is 25.9 Å². The van der Waals surface area contributed by atoms with Gasteiger partial charge in [-0.05, 0) is 139 Å². The summed E-state index contributed by atoms with van der Waals surface area (Å²) in [5.74, 6) is -0.300. The highest BCUT2D eigenvalue weighted by atomic mass is 32.1. The predicted molar refractivity (Wildman–Crippen MR) is 292 cm³/mol. The number of nitrogens with zero attached hydrogens (tertiary/aromatic N) is 3. The number of carbonyl (C=O) groups excluding carboxylic acids is 4. The molecule has 6 N–H and O–H groups in total. The van der Waals surface area contributed by atoms with E-state index in [0.717, 1.165) is 78.2 Å². The van der Waals surface area contributed by atoms with Gasteiger partial charge in [0.15, 0.2) is 0 Å². The molecule has 0 bridgehead atoms. The average molecular weight is 1040 g/mol. The smallest absolute Gasteiger partial charge is 0.271 e. The quantitative estimate of drug-likeness (QED) is 0.0259. The van der Waals surface area contributed by atoms with Crippen molar-refractivity contribution in [2.45, 2.75) is 97.4 Å². The van der Waals surface area contributed by atoms with Gasteiger partial charge >= 0.3 is 0 Å². The Labute approximate surface area is 439 Å². The number of aromatic hydroxyl groups is 2. The molecule has 4 atom stereocenters. The molecule has 5 aromatic carbocycles. The Morgan fingerprint density at radius 1 is 0.824 bits per heavy atom. The summed E-state index contributed by atoms with van der Waals surface area (Å²) < 4.78 is 6.87. The number of hydrogen-bond donors (Lipinski definition) is 6. The highest BCUT2D eigenvalue weighted by molar-refractivity contribution is 7.23. The number of hydrazone groups is 1. The van der Waals surface area contributed by atoms with Crippen LogP contribution < -0.4 is 20.8 Å². The number of aliphatic hydroxyl groups is 1. The van der Waals surface area contributed by atoms with Gasteiger partial charge in [-0.2, -0.15) is 5.10 Å². The molecular weight excluding hydrogens is 973 g/mol. The minimum Gasteiger partial charge on any atom is -0.508 e. The van der Waals surface area contributed by atoms with E-state index < -0.39 is 29.5 Å². The number of β-amino-alcohol motifs (C(OH)–C–C–N with tert-alkyl or cyclic N) is 1. The maximum Gasteiger partial charge on any atom is 0.271 e. The topological polar surface area (TPSA) is 203 Å². The number of thiophene rings is 1. The van der Waals surface area contributed by atoms with Crippen LogP contribution in [0.1, 0.15) is 99.4 Å². The zero-order valence-corrected chi connectivity index (χ0v) is 43.8. The molecule has 0 radical (unpaired) electrons. The lowest BCUT2D eigenvalue weighted by Gasteiger charge is -2.35. The Hall–Kier alpha value is -7.40. The van der Waals surface area contributed by atoms with Gasteiger partial charge in [0.1, 0.15) is 29.3 Å². The molecule has 384 valence electrons. The van der Waals surface area contributed by atoms with E-state index in [9.17, 15) is 34.5 Å². The molecule has 1 saturated heterocycles. The summed E-state index contributed by atoms with van der Waals surface area (Å²) in [6.45, 7) is 9.98. The van der Waals surface area contributed by atoms with E-state index >= 15 is 0 Å². The zero-order chi connectivity index (χ0) is 52.5. The van der Waals surface area contributed by atoms with Crippen LogP contribution in [0.3, 0.4) is 0 Å². The minimum absolute atomic E-state index is 0.00521. The Morgan fingerprint density at radius 2 is 1.49 bits per heavy atom. The fraction of sp³-hybridized carbons (Fsp3) is 0.310. The molecule has 2 aromatic heterocycles. The number of unbranched alkanes of at least 4 members (excludes halogenated alkanes) is 3. The van der Waals surface area contributed by atoms with Crippen LogP contribution in [0.5, 0.6) is 17.2 Å². The van der Waals surface area contributed by atoms with Gasteiger partial charge in [-0.3, -0.25) is 19.2 Å². The molecule has 4 amide bonds. The van der Waals surface area contributed by atoms with Crippen molar-refractivity contribution in [1.29, 1.82) is 0 Å². The molecule has 3 heterocycles. The molecule has 0 aliphatic carbocycles. The van der Waals surface area contributed by atoms with Crippen LogP contribution in [0, 0.1) is 12.3 Å². The van der Waals surface area contributed by atoms with Crippen molar-refractivity contribution in [3.8, 4) is 49.3 Å². The van der Waals surface area contributed by atoms with Gasteiger partial charge in [0.05, 0.1) is 41.0 Å². The van der Waals surface area contributed by atoms with E-state index in [1.807, 2.05) is 119 Å². The minimum atomic E-state index is -0.893. The summed E-state index contributed by atoms with van der Waals surface area (Å²) in [5, 5.41) is 41.8. The highest BCUT2D eigenvalue weighted by Gasteiger charge is 2.44. The first-order chi connectivity index (χ1) is 35.5. The number of benzene rings is 5. The van der Waals surface area contributed by atoms with Crippen molar-refractivity contribution in [2.24, 2.45) is 10.5 Å². The molecule has 7 aromatic rings. The number of aromatic nitrogens is 1. The maximum absolute atomic E-state index is 14.1. The number of fused-ring (bicyclic) bond motifs is 1. The largest absolute Gasteiger partial charge is 0.508 e. The van der Waals surface area contributed by atoms with E-state index in [1.54, 1.807) is 65.3 Å². The molecule has 16 heteroatoms. The Morgan fingerprint density at radius 3 is 2.18 bits per heavy atom. The zero-order valence-electron chi connectivity index (χ0n) is 42.1. The third-order valence-electron chi connectivity index (χ3n) is 13.1. The summed E-state index contributed by atoms with van der Waals surface area (Å²) in [6.07, 6.45) is 4.10. The van der Waals surface area contributed by atoms with Crippen LogP contribution in [-0.2, 0) is 14.4 Å². The van der Waals surface area contributed by atoms with Crippen molar-refractivity contribution >= 4 is 62.6 Å². The Balaban J connectivity index is 0.744. The van der Waals surface area contributed by atoms with Gasteiger partial charge in [-0.15, -0.1) is 22.7 Å². The predicted octanol–water partition coefficient (Wildman–Crippen LogP) is 10.5. The number of rotatable bonds is 19. The standard InChI is InChI=1S/C58H62N6O8S2/c1-35(38-13-17-40(18-14-38)52-36(2)59-34-73-52)61-56(70)48-30-45(67)33-64(48)57(71)54(58(3,4)5)62-50(68)10-8-6-7-9-29-72-46-26-11-37(12-27-46)32-60-63-55(69)42-19-15-39(16-20-42)51-47-28-25-44(66)31-49(47)74-53(51)41-21-23-43(65)24-22-41/h11-28,31-32,34-35,45,48,54,65-67H,6-10,29-30,33H2,1-5H3,(H,61,70)(H,62,68)(H,63,69)/b60-32+/t35-,45+,48-,54+/m0/s1. The Bertz CT molecular complexity index is 3110. The monoisotopic (exact) mass is 1030 g/mol. The number of nitrogens with one attached hydrogen (secondary N) is 3. The summed E-state index contributed by atoms with van der Waals surface area (Å²) in [7, 11) is 0. The van der Waals surface area contributed by atoms with E-state index in [-0.39, 0.29) is 54.6 Å². The number of aryl methyl sites for hydroxylation is 1. The molecule has 1 fully saturated rings. The molecular formula is C58H62N6O8S2. The molecule has 74 heavy (non-hydrogen) atoms. The molecule has 1 aliphatic rings. The first-order valence-corrected chi connectivity index (χ1v) is 26.5. The van der Waals surface area contributed by atoms with Crippen molar-refractivity contribution < 1.29 is 39.2 Å². The van der Waals surface area contributed by atoms with Gasteiger partial charge in [0, 0.05) is 45.5 Å².